The molecule has 2 aromatic carbocycles. The summed E-state index contributed by atoms with van der Waals surface area (Å²) >= 11 is 0. The van der Waals surface area contributed by atoms with Gasteiger partial charge in [0.25, 0.3) is 5.91 Å². The van der Waals surface area contributed by atoms with Crippen molar-refractivity contribution < 1.29 is 23.9 Å². The summed E-state index contributed by atoms with van der Waals surface area (Å²) in [6.07, 6.45) is 1.39. The summed E-state index contributed by atoms with van der Waals surface area (Å²) in [5.74, 6) is 0.0566. The highest BCUT2D eigenvalue weighted by Crippen LogP contribution is 2.37. The lowest BCUT2D eigenvalue weighted by atomic mass is 10.1. The number of nitrogens with one attached hydrogen (secondary N) is 2. The zero-order valence-electron chi connectivity index (χ0n) is 20.2. The molecule has 3 amide bonds. The molecule has 1 saturated heterocycles. The second-order valence-corrected chi connectivity index (χ2v) is 8.36. The molecule has 0 spiro atoms. The predicted molar refractivity (Wildman–Crippen MR) is 131 cm³/mol. The van der Waals surface area contributed by atoms with Gasteiger partial charge in [-0.05, 0) is 38.8 Å². The molecule has 2 aromatic rings. The van der Waals surface area contributed by atoms with Crippen LogP contribution in [0.15, 0.2) is 42.5 Å². The third-order valence-corrected chi connectivity index (χ3v) is 5.56. The van der Waals surface area contributed by atoms with Crippen LogP contribution in [-0.2, 0) is 9.59 Å². The van der Waals surface area contributed by atoms with Crippen LogP contribution in [0.3, 0.4) is 0 Å². The Hall–Kier alpha value is -3.55. The minimum Gasteiger partial charge on any atom is -0.492 e. The Kier molecular flexibility index (Phi) is 8.51. The van der Waals surface area contributed by atoms with Gasteiger partial charge in [-0.15, -0.1) is 0 Å². The lowest BCUT2D eigenvalue weighted by molar-refractivity contribution is -0.139. The Morgan fingerprint density at radius 1 is 0.971 bits per heavy atom. The fourth-order valence-electron chi connectivity index (χ4n) is 3.94. The van der Waals surface area contributed by atoms with E-state index < -0.39 is 6.04 Å². The van der Waals surface area contributed by atoms with Crippen molar-refractivity contribution >= 4 is 29.1 Å². The minimum absolute atomic E-state index is 0.0309. The van der Waals surface area contributed by atoms with Crippen molar-refractivity contribution in [1.82, 2.24) is 4.90 Å². The number of amides is 3. The van der Waals surface area contributed by atoms with Crippen LogP contribution in [0.5, 0.6) is 11.5 Å². The maximum Gasteiger partial charge on any atom is 0.255 e. The molecule has 3 rings (SSSR count). The van der Waals surface area contributed by atoms with Crippen molar-refractivity contribution in [2.75, 3.05) is 30.4 Å². The van der Waals surface area contributed by atoms with Crippen LogP contribution >= 0.6 is 0 Å². The van der Waals surface area contributed by atoms with E-state index in [0.29, 0.717) is 54.6 Å². The van der Waals surface area contributed by atoms with E-state index in [1.54, 1.807) is 41.3 Å². The van der Waals surface area contributed by atoms with Crippen LogP contribution in [0.1, 0.15) is 50.9 Å². The van der Waals surface area contributed by atoms with E-state index in [9.17, 15) is 14.4 Å². The highest BCUT2D eigenvalue weighted by molar-refractivity contribution is 6.06. The summed E-state index contributed by atoms with van der Waals surface area (Å²) in [6.45, 7) is 8.65. The molecular formula is C26H33N3O5. The van der Waals surface area contributed by atoms with E-state index in [1.807, 2.05) is 33.8 Å². The van der Waals surface area contributed by atoms with E-state index in [4.69, 9.17) is 9.47 Å². The van der Waals surface area contributed by atoms with Crippen molar-refractivity contribution in [3.05, 3.63) is 48.0 Å². The van der Waals surface area contributed by atoms with Gasteiger partial charge in [0.05, 0.1) is 24.6 Å². The van der Waals surface area contributed by atoms with Crippen molar-refractivity contribution in [1.29, 1.82) is 0 Å². The van der Waals surface area contributed by atoms with Gasteiger partial charge in [-0.25, -0.2) is 0 Å². The van der Waals surface area contributed by atoms with Crippen molar-refractivity contribution in [2.24, 2.45) is 5.92 Å². The number of nitrogens with zero attached hydrogens (tertiary/aromatic N) is 1. The largest absolute Gasteiger partial charge is 0.492 e. The first-order chi connectivity index (χ1) is 16.3. The van der Waals surface area contributed by atoms with Crippen LogP contribution in [-0.4, -0.2) is 48.4 Å². The SMILES string of the molecule is CCOc1cc(NC(=O)C2CCCN2C(=O)C(C)C)c(OCC)cc1NC(=O)c1ccccc1. The second kappa shape index (κ2) is 11.5. The molecule has 1 unspecified atom stereocenters. The first-order valence-electron chi connectivity index (χ1n) is 11.8. The lowest BCUT2D eigenvalue weighted by Crippen LogP contribution is -2.44. The zero-order valence-corrected chi connectivity index (χ0v) is 20.2. The molecule has 1 atom stereocenters. The number of benzene rings is 2. The van der Waals surface area contributed by atoms with Crippen molar-refractivity contribution in [3.8, 4) is 11.5 Å². The predicted octanol–water partition coefficient (Wildman–Crippen LogP) is 4.32. The first-order valence-corrected chi connectivity index (χ1v) is 11.8. The third kappa shape index (κ3) is 5.87. The smallest absolute Gasteiger partial charge is 0.255 e. The van der Waals surface area contributed by atoms with Crippen LogP contribution in [0.4, 0.5) is 11.4 Å². The topological polar surface area (TPSA) is 97.0 Å². The lowest BCUT2D eigenvalue weighted by Gasteiger charge is -2.26. The standard InChI is InChI=1S/C26H33N3O5/c1-5-33-22-16-20(28-25(31)21-13-10-14-29(21)26(32)17(3)4)23(34-6-2)15-19(22)27-24(30)18-11-8-7-9-12-18/h7-9,11-12,15-17,21H,5-6,10,13-14H2,1-4H3,(H,27,30)(H,28,31). The van der Waals surface area contributed by atoms with E-state index in [-0.39, 0.29) is 23.6 Å². The van der Waals surface area contributed by atoms with Gasteiger partial charge in [0.1, 0.15) is 17.5 Å². The van der Waals surface area contributed by atoms with Gasteiger partial charge in [-0.1, -0.05) is 32.0 Å². The number of rotatable bonds is 9. The maximum atomic E-state index is 13.2. The summed E-state index contributed by atoms with van der Waals surface area (Å²) in [5.41, 5.74) is 1.38. The number of hydrogen-bond donors (Lipinski definition) is 2. The molecular weight excluding hydrogens is 434 g/mol. The Bertz CT molecular complexity index is 1020. The van der Waals surface area contributed by atoms with Crippen LogP contribution in [0, 0.1) is 5.92 Å². The Labute approximate surface area is 200 Å². The first kappa shape index (κ1) is 25.1. The zero-order chi connectivity index (χ0) is 24.7. The van der Waals surface area contributed by atoms with Gasteiger partial charge in [0, 0.05) is 30.2 Å². The number of hydrogen-bond acceptors (Lipinski definition) is 5. The monoisotopic (exact) mass is 467 g/mol. The molecule has 0 bridgehead atoms. The normalized spacial score (nSPS) is 15.2. The Balaban J connectivity index is 1.88. The number of ether oxygens (including phenoxy) is 2. The summed E-state index contributed by atoms with van der Waals surface area (Å²) in [4.78, 5) is 40.1. The molecule has 1 aliphatic heterocycles. The molecule has 1 heterocycles. The Morgan fingerprint density at radius 3 is 2.12 bits per heavy atom. The van der Waals surface area contributed by atoms with Crippen LogP contribution in [0.2, 0.25) is 0 Å². The van der Waals surface area contributed by atoms with E-state index >= 15 is 0 Å². The number of anilines is 2. The molecule has 0 radical (unpaired) electrons. The van der Waals surface area contributed by atoms with Gasteiger partial charge in [0.15, 0.2) is 0 Å². The van der Waals surface area contributed by atoms with Gasteiger partial charge >= 0.3 is 0 Å². The molecule has 0 saturated carbocycles. The third-order valence-electron chi connectivity index (χ3n) is 5.56. The van der Waals surface area contributed by atoms with Crippen LogP contribution in [0.25, 0.3) is 0 Å². The van der Waals surface area contributed by atoms with E-state index in [0.717, 1.165) is 6.42 Å². The molecule has 34 heavy (non-hydrogen) atoms. The summed E-state index contributed by atoms with van der Waals surface area (Å²) in [7, 11) is 0. The van der Waals surface area contributed by atoms with Gasteiger partial charge in [-0.3, -0.25) is 14.4 Å². The van der Waals surface area contributed by atoms with Crippen LogP contribution < -0.4 is 20.1 Å². The molecule has 8 heteroatoms. The van der Waals surface area contributed by atoms with Gasteiger partial charge in [-0.2, -0.15) is 0 Å². The molecule has 1 aliphatic rings. The number of carbonyl (C=O) groups is 3. The molecule has 0 aliphatic carbocycles. The summed E-state index contributed by atoms with van der Waals surface area (Å²) in [6, 6.07) is 11.6. The fourth-order valence-corrected chi connectivity index (χ4v) is 3.94. The van der Waals surface area contributed by atoms with E-state index in [1.165, 1.54) is 0 Å². The van der Waals surface area contributed by atoms with Gasteiger partial charge in [0.2, 0.25) is 11.8 Å². The minimum atomic E-state index is -0.530. The number of likely N-dealkylation sites (tertiary alicyclic amines) is 1. The van der Waals surface area contributed by atoms with E-state index in [2.05, 4.69) is 10.6 Å². The fraction of sp³-hybridized carbons (Fsp3) is 0.423. The highest BCUT2D eigenvalue weighted by atomic mass is 16.5. The number of carbonyl (C=O) groups excluding carboxylic acids is 3. The molecule has 0 aromatic heterocycles. The second-order valence-electron chi connectivity index (χ2n) is 8.36. The summed E-state index contributed by atoms with van der Waals surface area (Å²) < 4.78 is 11.5. The Morgan fingerprint density at radius 2 is 1.56 bits per heavy atom. The average molecular weight is 468 g/mol. The summed E-state index contributed by atoms with van der Waals surface area (Å²) in [5, 5.41) is 5.79. The average Bonchev–Trinajstić information content (AvgIpc) is 3.32. The highest BCUT2D eigenvalue weighted by Gasteiger charge is 2.35. The molecule has 2 N–H and O–H groups in total. The quantitative estimate of drug-likeness (QED) is 0.572. The maximum absolute atomic E-state index is 13.2. The van der Waals surface area contributed by atoms with Crippen molar-refractivity contribution in [2.45, 2.75) is 46.6 Å². The molecule has 8 nitrogen and oxygen atoms in total. The van der Waals surface area contributed by atoms with Gasteiger partial charge < -0.3 is 25.0 Å². The molecule has 182 valence electrons. The van der Waals surface area contributed by atoms with Crippen molar-refractivity contribution in [3.63, 3.8) is 0 Å². The molecule has 1 fully saturated rings.